The van der Waals surface area contributed by atoms with E-state index in [1.165, 1.54) is 16.1 Å². The minimum atomic E-state index is 0.994. The van der Waals surface area contributed by atoms with Crippen LogP contribution in [0.2, 0.25) is 0 Å². The van der Waals surface area contributed by atoms with E-state index in [0.29, 0.717) is 0 Å². The Morgan fingerprint density at radius 3 is 2.50 bits per heavy atom. The molecule has 2 rings (SSSR count). The van der Waals surface area contributed by atoms with E-state index in [9.17, 15) is 0 Å². The van der Waals surface area contributed by atoms with E-state index >= 15 is 0 Å². The molecular formula is C15H20N2S. The predicted molar refractivity (Wildman–Crippen MR) is 80.3 cm³/mol. The lowest BCUT2D eigenvalue weighted by atomic mass is 10.2. The van der Waals surface area contributed by atoms with Crippen molar-refractivity contribution in [3.63, 3.8) is 0 Å². The van der Waals surface area contributed by atoms with Crippen molar-refractivity contribution in [2.75, 3.05) is 26.0 Å². The molecule has 0 bridgehead atoms. The van der Waals surface area contributed by atoms with Crippen LogP contribution in [0.25, 0.3) is 0 Å². The zero-order valence-corrected chi connectivity index (χ0v) is 11.8. The molecule has 0 aliphatic heterocycles. The molecule has 2 aromatic rings. The minimum absolute atomic E-state index is 0.994. The summed E-state index contributed by atoms with van der Waals surface area (Å²) in [4.78, 5) is 3.62. The van der Waals surface area contributed by atoms with Crippen molar-refractivity contribution in [2.45, 2.75) is 13.0 Å². The van der Waals surface area contributed by atoms with Gasteiger partial charge in [0, 0.05) is 23.7 Å². The van der Waals surface area contributed by atoms with Gasteiger partial charge in [-0.05, 0) is 49.7 Å². The van der Waals surface area contributed by atoms with E-state index in [0.717, 1.165) is 19.5 Å². The van der Waals surface area contributed by atoms with Crippen LogP contribution in [0.1, 0.15) is 10.4 Å². The van der Waals surface area contributed by atoms with Crippen LogP contribution in [0.15, 0.2) is 41.8 Å². The summed E-state index contributed by atoms with van der Waals surface area (Å²) >= 11 is 1.82. The molecule has 0 saturated carbocycles. The summed E-state index contributed by atoms with van der Waals surface area (Å²) < 4.78 is 0. The molecule has 96 valence electrons. The Kier molecular flexibility index (Phi) is 4.79. The molecule has 0 saturated heterocycles. The van der Waals surface area contributed by atoms with Gasteiger partial charge in [-0.15, -0.1) is 11.3 Å². The fraction of sp³-hybridized carbons (Fsp3) is 0.333. The summed E-state index contributed by atoms with van der Waals surface area (Å²) in [5.74, 6) is 0. The fourth-order valence-corrected chi connectivity index (χ4v) is 2.59. The van der Waals surface area contributed by atoms with Gasteiger partial charge in [-0.2, -0.15) is 0 Å². The fourth-order valence-electron chi connectivity index (χ4n) is 1.88. The first-order valence-electron chi connectivity index (χ1n) is 6.24. The number of benzene rings is 1. The summed E-state index contributed by atoms with van der Waals surface area (Å²) in [5, 5.41) is 5.59. The molecule has 0 spiro atoms. The third-order valence-corrected chi connectivity index (χ3v) is 3.67. The summed E-state index contributed by atoms with van der Waals surface area (Å²) in [6.45, 7) is 1.99. The maximum atomic E-state index is 3.46. The van der Waals surface area contributed by atoms with E-state index in [1.807, 2.05) is 11.3 Å². The lowest BCUT2D eigenvalue weighted by Crippen LogP contribution is -2.10. The molecule has 2 nitrogen and oxygen atoms in total. The quantitative estimate of drug-likeness (QED) is 0.855. The van der Waals surface area contributed by atoms with E-state index in [4.69, 9.17) is 0 Å². The van der Waals surface area contributed by atoms with Crippen LogP contribution < -0.4 is 5.32 Å². The predicted octanol–water partition coefficient (Wildman–Crippen LogP) is 3.46. The van der Waals surface area contributed by atoms with E-state index in [-0.39, 0.29) is 0 Å². The summed E-state index contributed by atoms with van der Waals surface area (Å²) in [7, 11) is 4.18. The third-order valence-electron chi connectivity index (χ3n) is 2.73. The van der Waals surface area contributed by atoms with E-state index in [2.05, 4.69) is 66.1 Å². The Morgan fingerprint density at radius 2 is 1.89 bits per heavy atom. The molecule has 0 unspecified atom stereocenters. The van der Waals surface area contributed by atoms with Gasteiger partial charge in [-0.1, -0.05) is 18.2 Å². The molecule has 0 aliphatic rings. The van der Waals surface area contributed by atoms with Crippen LogP contribution in [0.4, 0.5) is 5.69 Å². The molecule has 0 fully saturated rings. The smallest absolute Gasteiger partial charge is 0.0340 e. The summed E-state index contributed by atoms with van der Waals surface area (Å²) in [6, 6.07) is 13.0. The molecule has 1 aromatic carbocycles. The molecular weight excluding hydrogens is 240 g/mol. The van der Waals surface area contributed by atoms with Gasteiger partial charge >= 0.3 is 0 Å². The average molecular weight is 260 g/mol. The molecule has 0 aliphatic carbocycles. The average Bonchev–Trinajstić information content (AvgIpc) is 2.84. The van der Waals surface area contributed by atoms with Crippen molar-refractivity contribution in [3.05, 3.63) is 52.2 Å². The summed E-state index contributed by atoms with van der Waals surface area (Å²) in [6.07, 6.45) is 1.09. The van der Waals surface area contributed by atoms with Crippen molar-refractivity contribution < 1.29 is 0 Å². The molecule has 0 amide bonds. The normalized spacial score (nSPS) is 10.8. The molecule has 3 heteroatoms. The van der Waals surface area contributed by atoms with Crippen LogP contribution in [-0.2, 0) is 13.0 Å². The monoisotopic (exact) mass is 260 g/mol. The Morgan fingerprint density at radius 1 is 1.11 bits per heavy atom. The lowest BCUT2D eigenvalue weighted by molar-refractivity contribution is 0.402. The number of anilines is 1. The van der Waals surface area contributed by atoms with Crippen LogP contribution in [0.5, 0.6) is 0 Å². The van der Waals surface area contributed by atoms with Gasteiger partial charge in [0.1, 0.15) is 0 Å². The maximum absolute atomic E-state index is 3.46. The summed E-state index contributed by atoms with van der Waals surface area (Å²) in [5.41, 5.74) is 2.55. The van der Waals surface area contributed by atoms with Crippen LogP contribution >= 0.6 is 11.3 Å². The number of nitrogens with zero attached hydrogens (tertiary/aromatic N) is 1. The Bertz CT molecular complexity index is 446. The molecule has 0 radical (unpaired) electrons. The highest BCUT2D eigenvalue weighted by Crippen LogP contribution is 2.12. The highest BCUT2D eigenvalue weighted by Gasteiger charge is 1.97. The number of hydrogen-bond donors (Lipinski definition) is 1. The molecule has 1 aromatic heterocycles. The Labute approximate surface area is 113 Å². The van der Waals surface area contributed by atoms with E-state index < -0.39 is 0 Å². The van der Waals surface area contributed by atoms with E-state index in [1.54, 1.807) is 0 Å². The van der Waals surface area contributed by atoms with Gasteiger partial charge in [0.15, 0.2) is 0 Å². The van der Waals surface area contributed by atoms with Crippen molar-refractivity contribution in [1.82, 2.24) is 4.90 Å². The number of nitrogens with one attached hydrogen (secondary N) is 1. The topological polar surface area (TPSA) is 15.3 Å². The standard InChI is InChI=1S/C15H20N2S/c1-17(2)12-13-5-7-14(8-6-13)16-10-9-15-4-3-11-18-15/h3-8,11,16H,9-10,12H2,1-2H3. The first-order chi connectivity index (χ1) is 8.74. The Hall–Kier alpha value is -1.32. The Balaban J connectivity index is 1.79. The van der Waals surface area contributed by atoms with Gasteiger partial charge < -0.3 is 10.2 Å². The van der Waals surface area contributed by atoms with Crippen molar-refractivity contribution >= 4 is 17.0 Å². The maximum Gasteiger partial charge on any atom is 0.0340 e. The van der Waals surface area contributed by atoms with Crippen molar-refractivity contribution in [1.29, 1.82) is 0 Å². The largest absolute Gasteiger partial charge is 0.385 e. The second kappa shape index (κ2) is 6.57. The molecule has 18 heavy (non-hydrogen) atoms. The van der Waals surface area contributed by atoms with Gasteiger partial charge in [0.25, 0.3) is 0 Å². The number of rotatable bonds is 6. The van der Waals surface area contributed by atoms with Crippen molar-refractivity contribution in [2.24, 2.45) is 0 Å². The number of hydrogen-bond acceptors (Lipinski definition) is 3. The lowest BCUT2D eigenvalue weighted by Gasteiger charge is -2.11. The zero-order chi connectivity index (χ0) is 12.8. The van der Waals surface area contributed by atoms with Crippen LogP contribution in [0, 0.1) is 0 Å². The molecule has 1 N–H and O–H groups in total. The molecule has 1 heterocycles. The number of thiophene rings is 1. The van der Waals surface area contributed by atoms with Gasteiger partial charge in [-0.3, -0.25) is 0 Å². The highest BCUT2D eigenvalue weighted by molar-refractivity contribution is 7.09. The van der Waals surface area contributed by atoms with Gasteiger partial charge in [0.05, 0.1) is 0 Å². The second-order valence-electron chi connectivity index (χ2n) is 4.69. The van der Waals surface area contributed by atoms with Gasteiger partial charge in [-0.25, -0.2) is 0 Å². The third kappa shape index (κ3) is 4.17. The first-order valence-corrected chi connectivity index (χ1v) is 7.12. The highest BCUT2D eigenvalue weighted by atomic mass is 32.1. The first kappa shape index (κ1) is 13.1. The minimum Gasteiger partial charge on any atom is -0.385 e. The second-order valence-corrected chi connectivity index (χ2v) is 5.72. The SMILES string of the molecule is CN(C)Cc1ccc(NCCc2cccs2)cc1. The van der Waals surface area contributed by atoms with Gasteiger partial charge in [0.2, 0.25) is 0 Å². The zero-order valence-electron chi connectivity index (χ0n) is 11.0. The van der Waals surface area contributed by atoms with Crippen LogP contribution in [0.3, 0.4) is 0 Å². The van der Waals surface area contributed by atoms with Crippen LogP contribution in [-0.4, -0.2) is 25.5 Å². The van der Waals surface area contributed by atoms with Crippen molar-refractivity contribution in [3.8, 4) is 0 Å². The molecule has 0 atom stereocenters.